The second-order valence-corrected chi connectivity index (χ2v) is 7.66. The van der Waals surface area contributed by atoms with Crippen LogP contribution >= 0.6 is 0 Å². The summed E-state index contributed by atoms with van der Waals surface area (Å²) in [5.74, 6) is -1.12. The molecular formula is C25H32N4O4. The molecule has 1 atom stereocenters. The van der Waals surface area contributed by atoms with Crippen molar-refractivity contribution in [3.05, 3.63) is 71.8 Å². The standard InChI is InChI=1S/C25H32N4O4/c26-22(25(32)33)12-7-15-29(16-13-27-18-23(30)20-8-3-1-4-9-20)17-14-28-19-24(31)21-10-5-2-6-11-21/h1-6,8-11,18,22,28H,7,12-17,19,26H2,(H,32,33)/t22-/m0/s1. The molecule has 8 heteroatoms. The smallest absolute Gasteiger partial charge is 0.320 e. The van der Waals surface area contributed by atoms with Crippen molar-refractivity contribution in [3.63, 3.8) is 0 Å². The van der Waals surface area contributed by atoms with Gasteiger partial charge in [-0.05, 0) is 19.4 Å². The molecule has 0 spiro atoms. The Labute approximate surface area is 194 Å². The largest absolute Gasteiger partial charge is 0.480 e. The monoisotopic (exact) mass is 452 g/mol. The number of carbonyl (C=O) groups is 3. The molecule has 2 aromatic carbocycles. The third-order valence-electron chi connectivity index (χ3n) is 5.10. The van der Waals surface area contributed by atoms with Crippen LogP contribution in [0.25, 0.3) is 0 Å². The van der Waals surface area contributed by atoms with Crippen LogP contribution in [0.5, 0.6) is 0 Å². The summed E-state index contributed by atoms with van der Waals surface area (Å²) in [5.41, 5.74) is 6.85. The summed E-state index contributed by atoms with van der Waals surface area (Å²) in [6, 6.07) is 17.2. The Morgan fingerprint density at radius 1 is 0.970 bits per heavy atom. The lowest BCUT2D eigenvalue weighted by atomic mass is 10.1. The number of hydrogen-bond donors (Lipinski definition) is 3. The van der Waals surface area contributed by atoms with E-state index in [1.54, 1.807) is 36.4 Å². The second kappa shape index (κ2) is 14.8. The highest BCUT2D eigenvalue weighted by atomic mass is 16.4. The highest BCUT2D eigenvalue weighted by Gasteiger charge is 2.12. The Kier molecular flexibility index (Phi) is 11.7. The van der Waals surface area contributed by atoms with Gasteiger partial charge in [-0.15, -0.1) is 0 Å². The van der Waals surface area contributed by atoms with E-state index < -0.39 is 12.0 Å². The minimum atomic E-state index is -1.01. The zero-order valence-electron chi connectivity index (χ0n) is 18.7. The molecule has 0 unspecified atom stereocenters. The van der Waals surface area contributed by atoms with E-state index in [-0.39, 0.29) is 18.1 Å². The normalized spacial score (nSPS) is 12.2. The first-order valence-electron chi connectivity index (χ1n) is 11.1. The van der Waals surface area contributed by atoms with Gasteiger partial charge in [0.15, 0.2) is 5.78 Å². The number of aliphatic imine (C=N–C) groups is 1. The van der Waals surface area contributed by atoms with Gasteiger partial charge in [0.25, 0.3) is 0 Å². The van der Waals surface area contributed by atoms with Crippen LogP contribution in [0.15, 0.2) is 65.7 Å². The van der Waals surface area contributed by atoms with Crippen molar-refractivity contribution >= 4 is 23.8 Å². The number of nitrogens with zero attached hydrogens (tertiary/aromatic N) is 2. The van der Waals surface area contributed by atoms with Crippen molar-refractivity contribution in [2.45, 2.75) is 18.9 Å². The van der Waals surface area contributed by atoms with Crippen molar-refractivity contribution < 1.29 is 19.5 Å². The van der Waals surface area contributed by atoms with Gasteiger partial charge in [0.1, 0.15) is 6.04 Å². The molecule has 2 aromatic rings. The molecule has 2 rings (SSSR count). The molecule has 0 saturated heterocycles. The Morgan fingerprint density at radius 2 is 1.61 bits per heavy atom. The van der Waals surface area contributed by atoms with E-state index in [4.69, 9.17) is 10.8 Å². The molecule has 8 nitrogen and oxygen atoms in total. The van der Waals surface area contributed by atoms with Crippen LogP contribution in [0.4, 0.5) is 0 Å². The maximum Gasteiger partial charge on any atom is 0.320 e. The highest BCUT2D eigenvalue weighted by Crippen LogP contribution is 2.01. The number of carboxylic acids is 1. The molecule has 0 radical (unpaired) electrons. The number of hydrogen-bond acceptors (Lipinski definition) is 7. The molecule has 0 amide bonds. The second-order valence-electron chi connectivity index (χ2n) is 7.66. The van der Waals surface area contributed by atoms with E-state index >= 15 is 0 Å². The van der Waals surface area contributed by atoms with Gasteiger partial charge in [0, 0.05) is 30.8 Å². The molecule has 0 aliphatic rings. The predicted molar refractivity (Wildman–Crippen MR) is 129 cm³/mol. The average Bonchev–Trinajstić information content (AvgIpc) is 2.84. The van der Waals surface area contributed by atoms with Gasteiger partial charge >= 0.3 is 5.97 Å². The molecule has 0 saturated carbocycles. The quantitative estimate of drug-likeness (QED) is 0.202. The maximum atomic E-state index is 12.2. The summed E-state index contributed by atoms with van der Waals surface area (Å²) in [4.78, 5) is 41.6. The minimum Gasteiger partial charge on any atom is -0.480 e. The molecular weight excluding hydrogens is 420 g/mol. The number of nitrogens with two attached hydrogens (primary N) is 1. The number of Topliss-reactive ketones (excluding diaryl/α,β-unsaturated/α-hetero) is 2. The first-order chi connectivity index (χ1) is 16.0. The van der Waals surface area contributed by atoms with Crippen LogP contribution in [-0.2, 0) is 4.79 Å². The SMILES string of the molecule is N[C@@H](CCCN(CCN=CC(=O)c1ccccc1)CCNCC(=O)c1ccccc1)C(=O)O. The van der Waals surface area contributed by atoms with Gasteiger partial charge in [-0.3, -0.25) is 19.4 Å². The summed E-state index contributed by atoms with van der Waals surface area (Å²) in [7, 11) is 0. The number of benzene rings is 2. The fraction of sp³-hybridized carbons (Fsp3) is 0.360. The van der Waals surface area contributed by atoms with Crippen molar-refractivity contribution in [2.75, 3.05) is 39.3 Å². The topological polar surface area (TPSA) is 125 Å². The van der Waals surface area contributed by atoms with E-state index in [9.17, 15) is 14.4 Å². The molecule has 0 bridgehead atoms. The van der Waals surface area contributed by atoms with Crippen LogP contribution in [0.1, 0.15) is 33.6 Å². The van der Waals surface area contributed by atoms with E-state index in [0.29, 0.717) is 56.7 Å². The number of ketones is 2. The Morgan fingerprint density at radius 3 is 2.24 bits per heavy atom. The lowest BCUT2D eigenvalue weighted by Crippen LogP contribution is -2.37. The zero-order chi connectivity index (χ0) is 23.9. The fourth-order valence-corrected chi connectivity index (χ4v) is 3.18. The van der Waals surface area contributed by atoms with Gasteiger partial charge in [-0.1, -0.05) is 60.7 Å². The molecule has 0 fully saturated rings. The van der Waals surface area contributed by atoms with E-state index in [2.05, 4.69) is 15.2 Å². The lowest BCUT2D eigenvalue weighted by Gasteiger charge is -2.22. The van der Waals surface area contributed by atoms with Crippen molar-refractivity contribution in [1.82, 2.24) is 10.2 Å². The van der Waals surface area contributed by atoms with E-state index in [1.807, 2.05) is 24.3 Å². The lowest BCUT2D eigenvalue weighted by molar-refractivity contribution is -0.138. The molecule has 0 heterocycles. The van der Waals surface area contributed by atoms with Crippen LogP contribution in [0, 0.1) is 0 Å². The number of rotatable bonds is 16. The number of nitrogens with one attached hydrogen (secondary N) is 1. The minimum absolute atomic E-state index is 0.0265. The van der Waals surface area contributed by atoms with E-state index in [0.717, 1.165) is 0 Å². The molecule has 0 aromatic heterocycles. The molecule has 33 heavy (non-hydrogen) atoms. The number of carbonyl (C=O) groups excluding carboxylic acids is 2. The van der Waals surface area contributed by atoms with Crippen molar-refractivity contribution in [3.8, 4) is 0 Å². The zero-order valence-corrected chi connectivity index (χ0v) is 18.7. The Balaban J connectivity index is 1.78. The van der Waals surface area contributed by atoms with Crippen LogP contribution in [0.3, 0.4) is 0 Å². The summed E-state index contributed by atoms with van der Waals surface area (Å²) < 4.78 is 0. The van der Waals surface area contributed by atoms with Gasteiger partial charge in [0.05, 0.1) is 19.3 Å². The fourth-order valence-electron chi connectivity index (χ4n) is 3.18. The first-order valence-corrected chi connectivity index (χ1v) is 11.1. The summed E-state index contributed by atoms with van der Waals surface area (Å²) in [6.45, 7) is 3.19. The highest BCUT2D eigenvalue weighted by molar-refractivity contribution is 6.35. The third kappa shape index (κ3) is 10.3. The number of aliphatic carboxylic acids is 1. The van der Waals surface area contributed by atoms with Gasteiger partial charge < -0.3 is 21.1 Å². The van der Waals surface area contributed by atoms with Gasteiger partial charge in [-0.2, -0.15) is 0 Å². The predicted octanol–water partition coefficient (Wildman–Crippen LogP) is 1.91. The summed E-state index contributed by atoms with van der Waals surface area (Å²) in [6.07, 6.45) is 2.34. The third-order valence-corrected chi connectivity index (χ3v) is 5.10. The summed E-state index contributed by atoms with van der Waals surface area (Å²) >= 11 is 0. The molecule has 176 valence electrons. The number of carboxylic acid groups (broad SMARTS) is 1. The Bertz CT molecular complexity index is 903. The van der Waals surface area contributed by atoms with Crippen LogP contribution in [-0.4, -0.2) is 79.1 Å². The molecule has 0 aliphatic heterocycles. The summed E-state index contributed by atoms with van der Waals surface area (Å²) in [5, 5.41) is 12.1. The van der Waals surface area contributed by atoms with Gasteiger partial charge in [-0.25, -0.2) is 0 Å². The maximum absolute atomic E-state index is 12.2. The van der Waals surface area contributed by atoms with E-state index in [1.165, 1.54) is 6.21 Å². The van der Waals surface area contributed by atoms with Gasteiger partial charge in [0.2, 0.25) is 5.78 Å². The average molecular weight is 453 g/mol. The molecule has 4 N–H and O–H groups in total. The molecule has 0 aliphatic carbocycles. The van der Waals surface area contributed by atoms with Crippen LogP contribution < -0.4 is 11.1 Å². The van der Waals surface area contributed by atoms with Crippen molar-refractivity contribution in [1.29, 1.82) is 0 Å². The van der Waals surface area contributed by atoms with Crippen molar-refractivity contribution in [2.24, 2.45) is 10.7 Å². The van der Waals surface area contributed by atoms with Crippen LogP contribution in [0.2, 0.25) is 0 Å². The Hall–Kier alpha value is -3.20. The first kappa shape index (κ1) is 26.1.